The van der Waals surface area contributed by atoms with Crippen LogP contribution in [0.5, 0.6) is 0 Å². The lowest BCUT2D eigenvalue weighted by molar-refractivity contribution is -0.117. The van der Waals surface area contributed by atoms with Gasteiger partial charge in [0.15, 0.2) is 0 Å². The van der Waals surface area contributed by atoms with E-state index in [-0.39, 0.29) is 24.4 Å². The Morgan fingerprint density at radius 2 is 2.14 bits per heavy atom. The normalized spacial score (nSPS) is 19.0. The van der Waals surface area contributed by atoms with Gasteiger partial charge >= 0.3 is 16.2 Å². The molecule has 1 aliphatic rings. The molecular formula is C13H14FNO5S. The van der Waals surface area contributed by atoms with Crippen molar-refractivity contribution < 1.29 is 27.0 Å². The largest absolute Gasteiger partial charge is 0.478 e. The van der Waals surface area contributed by atoms with Gasteiger partial charge in [0.25, 0.3) is 0 Å². The van der Waals surface area contributed by atoms with E-state index in [0.29, 0.717) is 11.3 Å². The number of nitrogens with zero attached hydrogens (tertiary/aromatic N) is 1. The number of rotatable bonds is 4. The van der Waals surface area contributed by atoms with Gasteiger partial charge in [0.05, 0.1) is 11.3 Å². The third-order valence-electron chi connectivity index (χ3n) is 3.39. The number of carboxylic acid groups (broad SMARTS) is 1. The molecule has 1 heterocycles. The molecule has 0 saturated carbocycles. The first-order chi connectivity index (χ1) is 9.67. The Hall–Kier alpha value is -1.96. The maximum Gasteiger partial charge on any atom is 0.335 e. The quantitative estimate of drug-likeness (QED) is 0.847. The van der Waals surface area contributed by atoms with Crippen molar-refractivity contribution in [2.45, 2.75) is 13.3 Å². The third-order valence-corrected chi connectivity index (χ3v) is 4.26. The number of anilines is 1. The van der Waals surface area contributed by atoms with E-state index in [0.717, 1.165) is 0 Å². The van der Waals surface area contributed by atoms with Crippen molar-refractivity contribution in [3.05, 3.63) is 29.3 Å². The summed E-state index contributed by atoms with van der Waals surface area (Å²) in [5, 5.41) is 8.95. The van der Waals surface area contributed by atoms with Crippen molar-refractivity contribution in [3.8, 4) is 0 Å². The highest BCUT2D eigenvalue weighted by atomic mass is 32.3. The van der Waals surface area contributed by atoms with Crippen molar-refractivity contribution in [2.75, 3.05) is 17.2 Å². The molecule has 0 aromatic heterocycles. The minimum absolute atomic E-state index is 0.0388. The van der Waals surface area contributed by atoms with E-state index in [1.165, 1.54) is 17.0 Å². The molecule has 21 heavy (non-hydrogen) atoms. The monoisotopic (exact) mass is 315 g/mol. The number of hydrogen-bond donors (Lipinski definition) is 1. The minimum atomic E-state index is -4.62. The number of carbonyl (C=O) groups is 2. The molecule has 8 heteroatoms. The van der Waals surface area contributed by atoms with Crippen LogP contribution in [0.1, 0.15) is 22.3 Å². The molecule has 1 aromatic carbocycles. The molecule has 1 amide bonds. The first kappa shape index (κ1) is 15.4. The van der Waals surface area contributed by atoms with Crippen molar-refractivity contribution >= 4 is 27.8 Å². The maximum absolute atomic E-state index is 12.7. The molecule has 1 fully saturated rings. The van der Waals surface area contributed by atoms with E-state index in [1.54, 1.807) is 13.0 Å². The molecule has 0 aliphatic carbocycles. The zero-order valence-electron chi connectivity index (χ0n) is 11.2. The second-order valence-corrected chi connectivity index (χ2v) is 6.50. The van der Waals surface area contributed by atoms with Gasteiger partial charge in [-0.15, -0.1) is 3.89 Å². The number of carboxylic acids is 1. The van der Waals surface area contributed by atoms with E-state index in [1.807, 2.05) is 0 Å². The number of halogens is 1. The van der Waals surface area contributed by atoms with Crippen LogP contribution in [-0.2, 0) is 15.0 Å². The first-order valence-corrected chi connectivity index (χ1v) is 7.79. The van der Waals surface area contributed by atoms with Crippen LogP contribution in [-0.4, -0.2) is 37.7 Å². The summed E-state index contributed by atoms with van der Waals surface area (Å²) < 4.78 is 34.0. The molecule has 0 spiro atoms. The standard InChI is InChI=1S/C13H14FNO5S/c1-8-4-10(2-3-11(8)13(17)18)15-6-9(5-12(15)16)7-21(14,19)20/h2-4,9H,5-7H2,1H3,(H,17,18). The predicted octanol–water partition coefficient (Wildman–Crippen LogP) is 1.35. The van der Waals surface area contributed by atoms with Gasteiger partial charge in [-0.2, -0.15) is 8.42 Å². The third kappa shape index (κ3) is 3.57. The topological polar surface area (TPSA) is 91.8 Å². The second-order valence-electron chi connectivity index (χ2n) is 5.08. The van der Waals surface area contributed by atoms with Gasteiger partial charge in [0.1, 0.15) is 0 Å². The molecule has 1 aromatic rings. The lowest BCUT2D eigenvalue weighted by Crippen LogP contribution is -2.25. The van der Waals surface area contributed by atoms with Gasteiger partial charge in [0, 0.05) is 24.6 Å². The molecule has 1 atom stereocenters. The van der Waals surface area contributed by atoms with Crippen LogP contribution in [0.15, 0.2) is 18.2 Å². The second kappa shape index (κ2) is 5.44. The lowest BCUT2D eigenvalue weighted by atomic mass is 10.1. The molecule has 1 unspecified atom stereocenters. The first-order valence-electron chi connectivity index (χ1n) is 6.24. The van der Waals surface area contributed by atoms with E-state index < -0.39 is 27.9 Å². The summed E-state index contributed by atoms with van der Waals surface area (Å²) in [6.07, 6.45) is -0.0388. The van der Waals surface area contributed by atoms with Crippen LogP contribution in [0, 0.1) is 12.8 Å². The molecular weight excluding hydrogens is 301 g/mol. The highest BCUT2D eigenvalue weighted by Crippen LogP contribution is 2.27. The Morgan fingerprint density at radius 3 is 2.67 bits per heavy atom. The smallest absolute Gasteiger partial charge is 0.335 e. The van der Waals surface area contributed by atoms with Crippen LogP contribution < -0.4 is 4.90 Å². The number of hydrogen-bond acceptors (Lipinski definition) is 4. The maximum atomic E-state index is 12.7. The lowest BCUT2D eigenvalue weighted by Gasteiger charge is -2.17. The summed E-state index contributed by atoms with van der Waals surface area (Å²) in [5.41, 5.74) is 1.11. The van der Waals surface area contributed by atoms with Gasteiger partial charge in [-0.3, -0.25) is 4.79 Å². The van der Waals surface area contributed by atoms with Crippen LogP contribution in [0.25, 0.3) is 0 Å². The Bertz CT molecular complexity index is 701. The Balaban J connectivity index is 2.21. The number of amides is 1. The number of carbonyl (C=O) groups excluding carboxylic acids is 1. The highest BCUT2D eigenvalue weighted by molar-refractivity contribution is 7.86. The Kier molecular flexibility index (Phi) is 3.99. The number of benzene rings is 1. The summed E-state index contributed by atoms with van der Waals surface area (Å²) in [5.74, 6) is -2.63. The van der Waals surface area contributed by atoms with E-state index >= 15 is 0 Å². The summed E-state index contributed by atoms with van der Waals surface area (Å²) in [6, 6.07) is 4.42. The summed E-state index contributed by atoms with van der Waals surface area (Å²) in [7, 11) is -4.62. The summed E-state index contributed by atoms with van der Waals surface area (Å²) in [4.78, 5) is 24.2. The zero-order chi connectivity index (χ0) is 15.8. The fourth-order valence-electron chi connectivity index (χ4n) is 2.48. The van der Waals surface area contributed by atoms with Crippen LogP contribution >= 0.6 is 0 Å². The SMILES string of the molecule is Cc1cc(N2CC(CS(=O)(=O)F)CC2=O)ccc1C(=O)O. The molecule has 114 valence electrons. The van der Waals surface area contributed by atoms with Crippen LogP contribution in [0.4, 0.5) is 9.57 Å². The fraction of sp³-hybridized carbons (Fsp3) is 0.385. The van der Waals surface area contributed by atoms with Gasteiger partial charge in [-0.1, -0.05) is 0 Å². The zero-order valence-corrected chi connectivity index (χ0v) is 12.1. The summed E-state index contributed by atoms with van der Waals surface area (Å²) in [6.45, 7) is 1.71. The molecule has 0 bridgehead atoms. The van der Waals surface area contributed by atoms with Crippen LogP contribution in [0.2, 0.25) is 0 Å². The average Bonchev–Trinajstić information content (AvgIpc) is 2.66. The number of aromatic carboxylic acids is 1. The van der Waals surface area contributed by atoms with Gasteiger partial charge < -0.3 is 10.0 Å². The molecule has 1 saturated heterocycles. The molecule has 1 aliphatic heterocycles. The highest BCUT2D eigenvalue weighted by Gasteiger charge is 2.33. The van der Waals surface area contributed by atoms with Crippen molar-refractivity contribution in [1.29, 1.82) is 0 Å². The van der Waals surface area contributed by atoms with Crippen molar-refractivity contribution in [3.63, 3.8) is 0 Å². The van der Waals surface area contributed by atoms with Gasteiger partial charge in [0.2, 0.25) is 5.91 Å². The Labute approximate surface area is 121 Å². The van der Waals surface area contributed by atoms with Crippen molar-refractivity contribution in [2.24, 2.45) is 5.92 Å². The predicted molar refractivity (Wildman–Crippen MR) is 73.5 cm³/mol. The van der Waals surface area contributed by atoms with Gasteiger partial charge in [-0.25, -0.2) is 4.79 Å². The average molecular weight is 315 g/mol. The van der Waals surface area contributed by atoms with E-state index in [9.17, 15) is 21.9 Å². The van der Waals surface area contributed by atoms with E-state index in [4.69, 9.17) is 5.11 Å². The van der Waals surface area contributed by atoms with Crippen molar-refractivity contribution in [1.82, 2.24) is 0 Å². The van der Waals surface area contributed by atoms with Crippen LogP contribution in [0.3, 0.4) is 0 Å². The van der Waals surface area contributed by atoms with Gasteiger partial charge in [-0.05, 0) is 30.7 Å². The Morgan fingerprint density at radius 1 is 1.48 bits per heavy atom. The molecule has 2 rings (SSSR count). The molecule has 6 nitrogen and oxygen atoms in total. The minimum Gasteiger partial charge on any atom is -0.478 e. The molecule has 0 radical (unpaired) electrons. The molecule has 1 N–H and O–H groups in total. The van der Waals surface area contributed by atoms with E-state index in [2.05, 4.69) is 0 Å². The summed E-state index contributed by atoms with van der Waals surface area (Å²) >= 11 is 0. The number of aryl methyl sites for hydroxylation is 1. The fourth-order valence-corrected chi connectivity index (χ4v) is 3.27.